The molecule has 0 saturated carbocycles. The minimum Gasteiger partial charge on any atom is -0.351 e. The van der Waals surface area contributed by atoms with Gasteiger partial charge in [-0.25, -0.2) is 8.42 Å². The van der Waals surface area contributed by atoms with E-state index in [4.69, 9.17) is 5.26 Å². The third-order valence-corrected chi connectivity index (χ3v) is 3.89. The Hall–Kier alpha value is -1.09. The molecule has 1 rings (SSSR count). The fraction of sp³-hybridized carbons (Fsp3) is 0.750. The lowest BCUT2D eigenvalue weighted by molar-refractivity contribution is -0.120. The van der Waals surface area contributed by atoms with Gasteiger partial charge < -0.3 is 5.32 Å². The third-order valence-electron chi connectivity index (χ3n) is 2.07. The Bertz CT molecular complexity index is 355. The summed E-state index contributed by atoms with van der Waals surface area (Å²) in [7, 11) is -2.99. The summed E-state index contributed by atoms with van der Waals surface area (Å²) >= 11 is 0. The summed E-state index contributed by atoms with van der Waals surface area (Å²) in [6.45, 7) is 0. The van der Waals surface area contributed by atoms with Gasteiger partial charge in [0.15, 0.2) is 9.84 Å². The van der Waals surface area contributed by atoms with Gasteiger partial charge in [-0.1, -0.05) is 0 Å². The lowest BCUT2D eigenvalue weighted by Gasteiger charge is -2.22. The Labute approximate surface area is 83.0 Å². The monoisotopic (exact) mass is 216 g/mol. The van der Waals surface area contributed by atoms with Crippen LogP contribution >= 0.6 is 0 Å². The lowest BCUT2D eigenvalue weighted by atomic mass is 10.2. The predicted octanol–water partition coefficient (Wildman–Crippen LogP) is -0.407. The Morgan fingerprint density at radius 2 is 2.29 bits per heavy atom. The second-order valence-electron chi connectivity index (χ2n) is 3.36. The van der Waals surface area contributed by atoms with Crippen LogP contribution in [-0.2, 0) is 14.6 Å². The van der Waals surface area contributed by atoms with Crippen LogP contribution in [0, 0.1) is 11.3 Å². The molecule has 1 unspecified atom stereocenters. The summed E-state index contributed by atoms with van der Waals surface area (Å²) in [4.78, 5) is 11.0. The fourth-order valence-corrected chi connectivity index (χ4v) is 3.12. The highest BCUT2D eigenvalue weighted by atomic mass is 32.2. The molecular weight excluding hydrogens is 204 g/mol. The zero-order chi connectivity index (χ0) is 10.6. The van der Waals surface area contributed by atoms with E-state index >= 15 is 0 Å². The number of rotatable bonds is 2. The molecule has 1 amide bonds. The van der Waals surface area contributed by atoms with Gasteiger partial charge in [0.1, 0.15) is 6.42 Å². The van der Waals surface area contributed by atoms with E-state index in [9.17, 15) is 13.2 Å². The molecule has 0 aromatic carbocycles. The minimum absolute atomic E-state index is 0.00414. The number of nitrogens with zero attached hydrogens (tertiary/aromatic N) is 1. The average Bonchev–Trinajstić information content (AvgIpc) is 2.02. The smallest absolute Gasteiger partial charge is 0.234 e. The third kappa shape index (κ3) is 3.34. The first-order valence-electron chi connectivity index (χ1n) is 4.40. The van der Waals surface area contributed by atoms with Gasteiger partial charge in [-0.05, 0) is 12.8 Å². The summed E-state index contributed by atoms with van der Waals surface area (Å²) < 4.78 is 22.4. The molecule has 0 aromatic rings. The van der Waals surface area contributed by atoms with E-state index in [1.54, 1.807) is 6.07 Å². The van der Waals surface area contributed by atoms with Crippen LogP contribution in [0.25, 0.3) is 0 Å². The van der Waals surface area contributed by atoms with Crippen molar-refractivity contribution in [3.63, 3.8) is 0 Å². The van der Waals surface area contributed by atoms with Gasteiger partial charge in [-0.3, -0.25) is 4.79 Å². The molecular formula is C8H12N2O3S. The van der Waals surface area contributed by atoms with E-state index < -0.39 is 15.7 Å². The first-order chi connectivity index (χ1) is 6.53. The Balaban J connectivity index is 2.47. The van der Waals surface area contributed by atoms with Gasteiger partial charge in [-0.2, -0.15) is 5.26 Å². The second kappa shape index (κ2) is 4.42. The van der Waals surface area contributed by atoms with E-state index in [-0.39, 0.29) is 24.0 Å². The molecule has 0 aromatic heterocycles. The Kier molecular flexibility index (Phi) is 3.47. The van der Waals surface area contributed by atoms with Crippen molar-refractivity contribution in [2.45, 2.75) is 25.3 Å². The number of hydrogen-bond acceptors (Lipinski definition) is 4. The van der Waals surface area contributed by atoms with Gasteiger partial charge in [-0.15, -0.1) is 0 Å². The fourth-order valence-electron chi connectivity index (χ4n) is 1.49. The maximum absolute atomic E-state index is 11.2. The zero-order valence-corrected chi connectivity index (χ0v) is 8.51. The van der Waals surface area contributed by atoms with Gasteiger partial charge in [0, 0.05) is 6.04 Å². The summed E-state index contributed by atoms with van der Waals surface area (Å²) in [6.07, 6.45) is 1.05. The Morgan fingerprint density at radius 3 is 2.86 bits per heavy atom. The van der Waals surface area contributed by atoms with E-state index in [2.05, 4.69) is 5.32 Å². The molecule has 1 aliphatic heterocycles. The quantitative estimate of drug-likeness (QED) is 0.680. The van der Waals surface area contributed by atoms with Gasteiger partial charge in [0.25, 0.3) is 0 Å². The molecule has 0 bridgehead atoms. The van der Waals surface area contributed by atoms with Crippen LogP contribution in [-0.4, -0.2) is 31.9 Å². The topological polar surface area (TPSA) is 87.0 Å². The van der Waals surface area contributed by atoms with Crippen LogP contribution in [0.3, 0.4) is 0 Å². The highest BCUT2D eigenvalue weighted by molar-refractivity contribution is 7.91. The van der Waals surface area contributed by atoms with Crippen LogP contribution < -0.4 is 5.32 Å². The number of nitriles is 1. The highest BCUT2D eigenvalue weighted by Crippen LogP contribution is 2.11. The number of nitrogens with one attached hydrogen (secondary N) is 1. The number of amides is 1. The van der Waals surface area contributed by atoms with Crippen LogP contribution in [0.2, 0.25) is 0 Å². The van der Waals surface area contributed by atoms with Crippen molar-refractivity contribution in [2.75, 3.05) is 11.5 Å². The standard InChI is InChI=1S/C8H12N2O3S/c9-4-3-8(11)10-7-2-1-5-14(12,13)6-7/h7H,1-3,5-6H2,(H,10,11). The van der Waals surface area contributed by atoms with Gasteiger partial charge >= 0.3 is 0 Å². The maximum Gasteiger partial charge on any atom is 0.234 e. The van der Waals surface area contributed by atoms with E-state index in [1.165, 1.54) is 0 Å². The van der Waals surface area contributed by atoms with Crippen LogP contribution in [0.5, 0.6) is 0 Å². The van der Waals surface area contributed by atoms with Gasteiger partial charge in [0.05, 0.1) is 17.6 Å². The SMILES string of the molecule is N#CCC(=O)NC1CCCS(=O)(=O)C1. The van der Waals surface area contributed by atoms with Crippen molar-refractivity contribution in [2.24, 2.45) is 0 Å². The number of sulfone groups is 1. The predicted molar refractivity (Wildman–Crippen MR) is 50.0 cm³/mol. The van der Waals surface area contributed by atoms with Crippen molar-refractivity contribution < 1.29 is 13.2 Å². The van der Waals surface area contributed by atoms with Crippen LogP contribution in [0.15, 0.2) is 0 Å². The Morgan fingerprint density at radius 1 is 1.57 bits per heavy atom. The summed E-state index contributed by atoms with van der Waals surface area (Å²) in [5.41, 5.74) is 0. The van der Waals surface area contributed by atoms with Crippen molar-refractivity contribution in [3.8, 4) is 6.07 Å². The van der Waals surface area contributed by atoms with E-state index in [1.807, 2.05) is 0 Å². The first-order valence-corrected chi connectivity index (χ1v) is 6.22. The normalized spacial score (nSPS) is 24.9. The van der Waals surface area contributed by atoms with Crippen LogP contribution in [0.4, 0.5) is 0 Å². The number of carbonyl (C=O) groups excluding carboxylic acids is 1. The largest absolute Gasteiger partial charge is 0.351 e. The van der Waals surface area contributed by atoms with Crippen molar-refractivity contribution in [1.29, 1.82) is 5.26 Å². The molecule has 0 spiro atoms. The average molecular weight is 216 g/mol. The molecule has 1 atom stereocenters. The summed E-state index contributed by atoms with van der Waals surface area (Å²) in [5, 5.41) is 10.8. The van der Waals surface area contributed by atoms with Crippen molar-refractivity contribution >= 4 is 15.7 Å². The molecule has 1 N–H and O–H groups in total. The van der Waals surface area contributed by atoms with Gasteiger partial charge in [0.2, 0.25) is 5.91 Å². The molecule has 0 aliphatic carbocycles. The molecule has 14 heavy (non-hydrogen) atoms. The zero-order valence-electron chi connectivity index (χ0n) is 7.69. The molecule has 6 heteroatoms. The maximum atomic E-state index is 11.2. The number of carbonyl (C=O) groups is 1. The molecule has 0 radical (unpaired) electrons. The van der Waals surface area contributed by atoms with E-state index in [0.717, 1.165) is 0 Å². The second-order valence-corrected chi connectivity index (χ2v) is 5.58. The molecule has 1 heterocycles. The molecule has 5 nitrogen and oxygen atoms in total. The molecule has 1 fully saturated rings. The molecule has 78 valence electrons. The van der Waals surface area contributed by atoms with Crippen molar-refractivity contribution in [1.82, 2.24) is 5.32 Å². The first kappa shape index (κ1) is 11.0. The lowest BCUT2D eigenvalue weighted by Crippen LogP contribution is -2.43. The van der Waals surface area contributed by atoms with E-state index in [0.29, 0.717) is 12.8 Å². The highest BCUT2D eigenvalue weighted by Gasteiger charge is 2.25. The summed E-state index contributed by atoms with van der Waals surface area (Å²) in [5.74, 6) is -0.184. The van der Waals surface area contributed by atoms with Crippen LogP contribution in [0.1, 0.15) is 19.3 Å². The summed E-state index contributed by atoms with van der Waals surface area (Å²) in [6, 6.07) is 1.41. The van der Waals surface area contributed by atoms with Crippen molar-refractivity contribution in [3.05, 3.63) is 0 Å². The minimum atomic E-state index is -2.99. The molecule has 1 aliphatic rings. The number of hydrogen-bond donors (Lipinski definition) is 1. The molecule has 1 saturated heterocycles.